The average molecular weight is 374 g/mol. The second-order valence-electron chi connectivity index (χ2n) is 8.14. The van der Waals surface area contributed by atoms with Crippen molar-refractivity contribution < 1.29 is 5.11 Å². The van der Waals surface area contributed by atoms with E-state index in [1.54, 1.807) is 0 Å². The van der Waals surface area contributed by atoms with Gasteiger partial charge in [-0.2, -0.15) is 0 Å². The summed E-state index contributed by atoms with van der Waals surface area (Å²) in [4.78, 5) is 0. The van der Waals surface area contributed by atoms with E-state index in [2.05, 4.69) is 80.4 Å². The molecule has 27 heavy (non-hydrogen) atoms. The average Bonchev–Trinajstić information content (AvgIpc) is 3.06. The first-order valence-corrected chi connectivity index (χ1v) is 12.9. The van der Waals surface area contributed by atoms with Crippen LogP contribution in [-0.4, -0.2) is 18.8 Å². The van der Waals surface area contributed by atoms with Gasteiger partial charge >= 0.3 is 164 Å². The van der Waals surface area contributed by atoms with Crippen LogP contribution in [-0.2, 0) is 0 Å². The Morgan fingerprint density at radius 3 is 1.59 bits per heavy atom. The van der Waals surface area contributed by atoms with Crippen LogP contribution >= 0.6 is 7.14 Å². The van der Waals surface area contributed by atoms with Crippen LogP contribution in [0.15, 0.2) is 91.0 Å². The molecule has 1 nitrogen and oxygen atoms in total. The molecule has 0 spiro atoms. The SMILES string of the molecule is B[PH]1(C[C@@H](O)c2ccccc2)[C@@H](c2ccccc2)CC[C@@H]1c1ccccc1. The molecule has 0 radical (unpaired) electrons. The third-order valence-electron chi connectivity index (χ3n) is 6.56. The second-order valence-corrected chi connectivity index (χ2v) is 13.0. The van der Waals surface area contributed by atoms with Gasteiger partial charge in [0.2, 0.25) is 0 Å². The summed E-state index contributed by atoms with van der Waals surface area (Å²) in [5, 5.41) is 11.1. The van der Waals surface area contributed by atoms with E-state index in [0.717, 1.165) is 11.7 Å². The Morgan fingerprint density at radius 2 is 1.15 bits per heavy atom. The predicted molar refractivity (Wildman–Crippen MR) is 121 cm³/mol. The van der Waals surface area contributed by atoms with Gasteiger partial charge in [0.25, 0.3) is 0 Å². The van der Waals surface area contributed by atoms with Gasteiger partial charge in [-0.1, -0.05) is 0 Å². The zero-order valence-electron chi connectivity index (χ0n) is 16.0. The van der Waals surface area contributed by atoms with Crippen LogP contribution in [0.5, 0.6) is 0 Å². The van der Waals surface area contributed by atoms with Crippen molar-refractivity contribution in [1.29, 1.82) is 0 Å². The molecule has 0 amide bonds. The van der Waals surface area contributed by atoms with E-state index in [-0.39, 0.29) is 6.10 Å². The summed E-state index contributed by atoms with van der Waals surface area (Å²) >= 11 is 0. The molecule has 3 aromatic carbocycles. The van der Waals surface area contributed by atoms with Crippen molar-refractivity contribution in [2.45, 2.75) is 30.3 Å². The van der Waals surface area contributed by atoms with Gasteiger partial charge in [0.15, 0.2) is 0 Å². The molecule has 0 saturated carbocycles. The van der Waals surface area contributed by atoms with E-state index in [1.807, 2.05) is 18.2 Å². The standard InChI is InChI=1S/C24H28BOP/c25-27(18-22(26)19-10-4-1-5-11-19)23(20-12-6-2-7-13-20)16-17-24(27)21-14-8-3-9-15-21/h1-15,22-24,26-27H,16-18,25H2/t22-,23-,24-/m1/s1. The van der Waals surface area contributed by atoms with Crippen molar-refractivity contribution in [2.75, 3.05) is 6.16 Å². The number of rotatable bonds is 5. The molecule has 0 aliphatic carbocycles. The minimum atomic E-state index is -1.82. The van der Waals surface area contributed by atoms with E-state index >= 15 is 0 Å². The van der Waals surface area contributed by atoms with Crippen molar-refractivity contribution in [3.8, 4) is 0 Å². The van der Waals surface area contributed by atoms with Crippen molar-refractivity contribution in [3.05, 3.63) is 108 Å². The van der Waals surface area contributed by atoms with Crippen molar-refractivity contribution in [3.63, 3.8) is 0 Å². The number of hydrogen-bond acceptors (Lipinski definition) is 1. The minimum absolute atomic E-state index is 0.376. The summed E-state index contributed by atoms with van der Waals surface area (Å²) in [5.41, 5.74) is 5.18. The predicted octanol–water partition coefficient (Wildman–Crippen LogP) is 5.29. The molecule has 1 saturated heterocycles. The Labute approximate surface area is 164 Å². The monoisotopic (exact) mass is 374 g/mol. The fourth-order valence-electron chi connectivity index (χ4n) is 5.20. The van der Waals surface area contributed by atoms with Gasteiger partial charge < -0.3 is 0 Å². The van der Waals surface area contributed by atoms with E-state index in [4.69, 9.17) is 0 Å². The molecule has 3 atom stereocenters. The molecule has 0 aromatic heterocycles. The maximum atomic E-state index is 11.1. The van der Waals surface area contributed by atoms with Crippen molar-refractivity contribution in [1.82, 2.24) is 0 Å². The molecular weight excluding hydrogens is 346 g/mol. The third-order valence-corrected chi connectivity index (χ3v) is 12.3. The Bertz CT molecular complexity index is 806. The first-order valence-electron chi connectivity index (χ1n) is 10.0. The summed E-state index contributed by atoms with van der Waals surface area (Å²) in [7, 11) is 0.707. The molecule has 1 aliphatic rings. The zero-order valence-corrected chi connectivity index (χ0v) is 17.0. The summed E-state index contributed by atoms with van der Waals surface area (Å²) in [6.07, 6.45) is 3.00. The van der Waals surface area contributed by atoms with Crippen molar-refractivity contribution in [2.24, 2.45) is 0 Å². The molecule has 1 fully saturated rings. The van der Waals surface area contributed by atoms with Crippen LogP contribution in [0.4, 0.5) is 0 Å². The summed E-state index contributed by atoms with van der Waals surface area (Å²) < 4.78 is 0. The van der Waals surface area contributed by atoms with Gasteiger partial charge in [0.1, 0.15) is 0 Å². The number of benzene rings is 3. The molecule has 1 aliphatic heterocycles. The van der Waals surface area contributed by atoms with Crippen LogP contribution in [0.3, 0.4) is 0 Å². The quantitative estimate of drug-likeness (QED) is 0.475. The number of aliphatic hydroxyl groups is 1. The van der Waals surface area contributed by atoms with Gasteiger partial charge in [0.05, 0.1) is 0 Å². The normalized spacial score (nSPS) is 23.6. The first kappa shape index (κ1) is 18.5. The number of aliphatic hydroxyl groups excluding tert-OH is 1. The molecular formula is C24H28BOP. The van der Waals surface area contributed by atoms with Gasteiger partial charge in [-0.05, 0) is 0 Å². The fourth-order valence-corrected chi connectivity index (χ4v) is 10.9. The van der Waals surface area contributed by atoms with E-state index < -0.39 is 7.14 Å². The number of hydrogen-bond donors (Lipinski definition) is 1. The fraction of sp³-hybridized carbons (Fsp3) is 0.250. The van der Waals surface area contributed by atoms with Crippen LogP contribution in [0.1, 0.15) is 47.0 Å². The first-order chi connectivity index (χ1) is 13.2. The summed E-state index contributed by atoms with van der Waals surface area (Å²) in [6, 6.07) is 32.2. The van der Waals surface area contributed by atoms with E-state index in [1.165, 1.54) is 24.0 Å². The van der Waals surface area contributed by atoms with Gasteiger partial charge in [0, 0.05) is 0 Å². The zero-order chi connectivity index (χ0) is 18.7. The van der Waals surface area contributed by atoms with E-state index in [0.29, 0.717) is 11.3 Å². The molecule has 3 heteroatoms. The molecule has 1 heterocycles. The second kappa shape index (κ2) is 8.01. The molecule has 4 rings (SSSR count). The Hall–Kier alpha value is -1.89. The topological polar surface area (TPSA) is 20.2 Å². The van der Waals surface area contributed by atoms with Crippen LogP contribution in [0, 0.1) is 0 Å². The summed E-state index contributed by atoms with van der Waals surface area (Å²) in [6.45, 7) is 0. The van der Waals surface area contributed by atoms with Gasteiger partial charge in [-0.15, -0.1) is 0 Å². The van der Waals surface area contributed by atoms with Crippen LogP contribution in [0.2, 0.25) is 0 Å². The Kier molecular flexibility index (Phi) is 5.48. The van der Waals surface area contributed by atoms with E-state index in [9.17, 15) is 5.11 Å². The van der Waals surface area contributed by atoms with Gasteiger partial charge in [-0.25, -0.2) is 0 Å². The third kappa shape index (κ3) is 3.75. The maximum absolute atomic E-state index is 11.1. The molecule has 0 bridgehead atoms. The molecule has 1 N–H and O–H groups in total. The summed E-state index contributed by atoms with van der Waals surface area (Å²) in [5.74, 6) is 0. The van der Waals surface area contributed by atoms with Gasteiger partial charge in [-0.3, -0.25) is 0 Å². The Morgan fingerprint density at radius 1 is 0.741 bits per heavy atom. The molecule has 0 unspecified atom stereocenters. The molecule has 3 aromatic rings. The van der Waals surface area contributed by atoms with Crippen molar-refractivity contribution >= 4 is 14.7 Å². The Balaban J connectivity index is 1.71. The van der Waals surface area contributed by atoms with Crippen LogP contribution in [0.25, 0.3) is 0 Å². The molecule has 138 valence electrons. The van der Waals surface area contributed by atoms with Crippen LogP contribution < -0.4 is 0 Å².